The number of hydrogen-bond acceptors (Lipinski definition) is 7. The van der Waals surface area contributed by atoms with Gasteiger partial charge in [0.2, 0.25) is 5.91 Å². The predicted octanol–water partition coefficient (Wildman–Crippen LogP) is 12.3. The van der Waals surface area contributed by atoms with E-state index < -0.39 is 5.41 Å². The van der Waals surface area contributed by atoms with Crippen molar-refractivity contribution in [3.63, 3.8) is 0 Å². The van der Waals surface area contributed by atoms with Crippen LogP contribution in [0.2, 0.25) is 0 Å². The SMILES string of the molecule is CC1(C2CCC3(C(=O)N4CCCC4c4ncc(-c5cccnc5)[nH]4)CCC4(C)C(CCC5C6(C)CCC(OC(=O)C7CC(C(=O)OCc8ccccc8)C7(C)C)C(C)(C)C6CCC54C)C23)CC1. The number of pyridine rings is 1. The first-order chi connectivity index (χ1) is 31.9. The summed E-state index contributed by atoms with van der Waals surface area (Å²) in [7, 11) is 0. The molecule has 1 amide bonds. The molecule has 9 nitrogen and oxygen atoms in total. The number of nitrogens with zero attached hydrogens (tertiary/aromatic N) is 3. The number of hydrogen-bond donors (Lipinski definition) is 1. The molecule has 1 aliphatic heterocycles. The van der Waals surface area contributed by atoms with E-state index in [4.69, 9.17) is 14.5 Å². The molecule has 13 unspecified atom stereocenters. The van der Waals surface area contributed by atoms with Crippen molar-refractivity contribution < 1.29 is 23.9 Å². The van der Waals surface area contributed by atoms with Crippen LogP contribution in [0.3, 0.4) is 0 Å². The van der Waals surface area contributed by atoms with Crippen molar-refractivity contribution in [2.45, 2.75) is 170 Å². The van der Waals surface area contributed by atoms with Crippen molar-refractivity contribution in [2.75, 3.05) is 6.54 Å². The molecule has 13 atom stereocenters. The van der Waals surface area contributed by atoms with Crippen molar-refractivity contribution in [2.24, 2.45) is 79.3 Å². The first-order valence-corrected chi connectivity index (χ1v) is 26.5. The van der Waals surface area contributed by atoms with Crippen LogP contribution >= 0.6 is 0 Å². The van der Waals surface area contributed by atoms with Crippen LogP contribution in [0, 0.1) is 79.3 Å². The van der Waals surface area contributed by atoms with E-state index >= 15 is 4.79 Å². The van der Waals surface area contributed by atoms with Gasteiger partial charge in [-0.2, -0.15) is 0 Å². The van der Waals surface area contributed by atoms with Gasteiger partial charge in [-0.15, -0.1) is 0 Å². The highest BCUT2D eigenvalue weighted by molar-refractivity contribution is 5.85. The van der Waals surface area contributed by atoms with Crippen LogP contribution in [0.25, 0.3) is 11.3 Å². The van der Waals surface area contributed by atoms with E-state index in [1.54, 1.807) is 6.20 Å². The molecule has 8 aliphatic rings. The summed E-state index contributed by atoms with van der Waals surface area (Å²) in [6.07, 6.45) is 21.6. The topological polar surface area (TPSA) is 114 Å². The van der Waals surface area contributed by atoms with Gasteiger partial charge in [0, 0.05) is 29.9 Å². The number of aromatic nitrogens is 3. The number of amides is 1. The lowest BCUT2D eigenvalue weighted by Gasteiger charge is -2.73. The van der Waals surface area contributed by atoms with Gasteiger partial charge in [0.25, 0.3) is 0 Å². The number of H-pyrrole nitrogens is 1. The number of aromatic amines is 1. The van der Waals surface area contributed by atoms with Crippen LogP contribution in [0.1, 0.15) is 169 Å². The van der Waals surface area contributed by atoms with Gasteiger partial charge in [-0.1, -0.05) is 85.7 Å². The molecular formula is C58H78N4O5. The summed E-state index contributed by atoms with van der Waals surface area (Å²) in [4.78, 5) is 58.3. The second-order valence-electron chi connectivity index (χ2n) is 25.8. The standard InChI is InChI=1S/C58H78N4O5/c1-52(2)40(49(63)66-35-36-14-10-9-11-15-36)32-41(52)50(64)67-46-22-23-55(6)44(53(46,3)4)21-24-57(8)45(55)19-18-39-47-38(54(5)26-27-54)20-25-58(47,29-28-56(39,57)7)51(65)62-31-13-17-43(62)48-60-34-42(61-48)37-16-12-30-59-33-37/h9-12,14-16,30,33-34,38-41,43-47H,13,17-29,31-32,35H2,1-8H3,(H,60,61). The molecule has 0 spiro atoms. The number of fused-ring (bicyclic) bond motifs is 7. The zero-order chi connectivity index (χ0) is 46.9. The summed E-state index contributed by atoms with van der Waals surface area (Å²) < 4.78 is 12.4. The first kappa shape index (κ1) is 45.4. The Labute approximate surface area is 400 Å². The third-order valence-corrected chi connectivity index (χ3v) is 22.4. The number of imidazole rings is 1. The molecule has 67 heavy (non-hydrogen) atoms. The molecule has 3 aromatic rings. The highest BCUT2D eigenvalue weighted by atomic mass is 16.5. The van der Waals surface area contributed by atoms with Crippen molar-refractivity contribution in [3.8, 4) is 11.3 Å². The van der Waals surface area contributed by atoms with E-state index in [1.165, 1.54) is 38.5 Å². The maximum atomic E-state index is 15.8. The summed E-state index contributed by atoms with van der Waals surface area (Å²) >= 11 is 0. The van der Waals surface area contributed by atoms with Crippen molar-refractivity contribution in [1.82, 2.24) is 19.9 Å². The molecule has 1 saturated heterocycles. The minimum atomic E-state index is -0.517. The lowest BCUT2D eigenvalue weighted by molar-refractivity contribution is -0.253. The fourth-order valence-electron chi connectivity index (χ4n) is 18.0. The van der Waals surface area contributed by atoms with E-state index in [2.05, 4.69) is 62.5 Å². The summed E-state index contributed by atoms with van der Waals surface area (Å²) in [6.45, 7) is 20.5. The smallest absolute Gasteiger partial charge is 0.309 e. The van der Waals surface area contributed by atoms with Crippen LogP contribution in [0.15, 0.2) is 61.1 Å². The Morgan fingerprint density at radius 1 is 0.716 bits per heavy atom. The van der Waals surface area contributed by atoms with Gasteiger partial charge in [-0.25, -0.2) is 4.98 Å². The third kappa shape index (κ3) is 6.74. The number of ether oxygens (including phenoxy) is 2. The summed E-state index contributed by atoms with van der Waals surface area (Å²) in [6, 6.07) is 13.8. The van der Waals surface area contributed by atoms with Gasteiger partial charge >= 0.3 is 11.9 Å². The van der Waals surface area contributed by atoms with Gasteiger partial charge in [0.1, 0.15) is 18.5 Å². The van der Waals surface area contributed by atoms with E-state index in [0.29, 0.717) is 47.3 Å². The number of likely N-dealkylation sites (tertiary alicyclic amines) is 1. The monoisotopic (exact) mass is 911 g/mol. The molecular weight excluding hydrogens is 833 g/mol. The maximum Gasteiger partial charge on any atom is 0.309 e. The van der Waals surface area contributed by atoms with Crippen molar-refractivity contribution in [3.05, 3.63) is 72.4 Å². The van der Waals surface area contributed by atoms with Crippen molar-refractivity contribution >= 4 is 17.8 Å². The molecule has 11 rings (SSSR count). The number of benzene rings is 1. The zero-order valence-electron chi connectivity index (χ0n) is 41.9. The van der Waals surface area contributed by atoms with E-state index in [9.17, 15) is 9.59 Å². The summed E-state index contributed by atoms with van der Waals surface area (Å²) in [5, 5.41) is 0. The Morgan fingerprint density at radius 2 is 1.49 bits per heavy atom. The van der Waals surface area contributed by atoms with Gasteiger partial charge in [0.15, 0.2) is 0 Å². The van der Waals surface area contributed by atoms with Gasteiger partial charge in [-0.3, -0.25) is 19.4 Å². The highest BCUT2D eigenvalue weighted by Gasteiger charge is 2.74. The average molecular weight is 911 g/mol. The van der Waals surface area contributed by atoms with E-state index in [1.807, 2.05) is 62.6 Å². The number of carbonyl (C=O) groups excluding carboxylic acids is 3. The molecule has 9 heteroatoms. The molecule has 360 valence electrons. The van der Waals surface area contributed by atoms with Crippen LogP contribution in [-0.2, 0) is 30.5 Å². The second kappa shape index (κ2) is 15.8. The molecule has 7 aliphatic carbocycles. The van der Waals surface area contributed by atoms with Crippen LogP contribution in [-0.4, -0.2) is 50.3 Å². The Kier molecular flexibility index (Phi) is 10.7. The lowest BCUT2D eigenvalue weighted by Crippen LogP contribution is -2.67. The van der Waals surface area contributed by atoms with Gasteiger partial charge < -0.3 is 19.4 Å². The first-order valence-electron chi connectivity index (χ1n) is 26.5. The summed E-state index contributed by atoms with van der Waals surface area (Å²) in [5.41, 5.74) is 2.78. The molecule has 0 bridgehead atoms. The highest BCUT2D eigenvalue weighted by Crippen LogP contribution is 2.79. The van der Waals surface area contributed by atoms with Gasteiger partial charge in [-0.05, 0) is 171 Å². The molecule has 1 N–H and O–H groups in total. The third-order valence-electron chi connectivity index (χ3n) is 22.4. The fourth-order valence-corrected chi connectivity index (χ4v) is 18.0. The predicted molar refractivity (Wildman–Crippen MR) is 258 cm³/mol. The normalized spacial score (nSPS) is 40.8. The van der Waals surface area contributed by atoms with Crippen LogP contribution in [0.4, 0.5) is 0 Å². The number of rotatable bonds is 9. The molecule has 0 radical (unpaired) electrons. The molecule has 1 aromatic carbocycles. The molecule has 2 aromatic heterocycles. The second-order valence-corrected chi connectivity index (χ2v) is 25.8. The molecule has 8 fully saturated rings. The Hall–Kier alpha value is -4.01. The average Bonchev–Trinajstić information content (AvgIpc) is 3.68. The number of nitrogens with one attached hydrogen (secondary N) is 1. The minimum absolute atomic E-state index is 0.0100. The van der Waals surface area contributed by atoms with Crippen LogP contribution < -0.4 is 0 Å². The Balaban J connectivity index is 0.806. The lowest BCUT2D eigenvalue weighted by atomic mass is 9.32. The Morgan fingerprint density at radius 3 is 2.22 bits per heavy atom. The minimum Gasteiger partial charge on any atom is -0.462 e. The maximum absolute atomic E-state index is 15.8. The van der Waals surface area contributed by atoms with E-state index in [-0.39, 0.29) is 69.6 Å². The van der Waals surface area contributed by atoms with Gasteiger partial charge in [0.05, 0.1) is 35.2 Å². The molecule has 7 saturated carbocycles. The number of esters is 2. The summed E-state index contributed by atoms with van der Waals surface area (Å²) in [5.74, 6) is 2.97. The Bertz CT molecular complexity index is 2390. The fraction of sp³-hybridized carbons (Fsp3) is 0.707. The largest absolute Gasteiger partial charge is 0.462 e. The number of carbonyl (C=O) groups is 3. The van der Waals surface area contributed by atoms with Crippen LogP contribution in [0.5, 0.6) is 0 Å². The zero-order valence-corrected chi connectivity index (χ0v) is 41.9. The molecule has 3 heterocycles. The van der Waals surface area contributed by atoms with Crippen molar-refractivity contribution in [1.29, 1.82) is 0 Å². The quantitative estimate of drug-likeness (QED) is 0.213. The van der Waals surface area contributed by atoms with E-state index in [0.717, 1.165) is 80.6 Å².